The summed E-state index contributed by atoms with van der Waals surface area (Å²) in [5.41, 5.74) is 2.34. The number of likely N-dealkylation sites (tertiary alicyclic amines) is 1. The molecule has 1 aromatic heterocycles. The number of hydrogen-bond donors (Lipinski definition) is 0. The maximum Gasteiger partial charge on any atom is 0.266 e. The Morgan fingerprint density at radius 2 is 1.73 bits per heavy atom. The fraction of sp³-hybridized carbons (Fsp3) is 0.375. The first kappa shape index (κ1) is 20.7. The largest absolute Gasteiger partial charge is 0.341 e. The van der Waals surface area contributed by atoms with Crippen molar-refractivity contribution in [3.63, 3.8) is 0 Å². The number of piperidine rings is 1. The zero-order valence-corrected chi connectivity index (χ0v) is 18.5. The number of nitrogens with zero attached hydrogens (tertiary/aromatic N) is 3. The minimum atomic E-state index is -0.106. The van der Waals surface area contributed by atoms with Crippen molar-refractivity contribution >= 4 is 28.6 Å². The van der Waals surface area contributed by atoms with Crippen molar-refractivity contribution in [1.29, 1.82) is 0 Å². The smallest absolute Gasteiger partial charge is 0.266 e. The number of aromatic nitrogens is 2. The Bertz CT molecular complexity index is 1130. The van der Waals surface area contributed by atoms with Gasteiger partial charge in [0.25, 0.3) is 5.56 Å². The van der Waals surface area contributed by atoms with Crippen LogP contribution in [0, 0.1) is 18.8 Å². The quantitative estimate of drug-likeness (QED) is 0.466. The molecular weight excluding hydrogens is 394 g/mol. The Morgan fingerprint density at radius 1 is 1.07 bits per heavy atom. The summed E-state index contributed by atoms with van der Waals surface area (Å²) in [6.07, 6.45) is 1.16. The maximum absolute atomic E-state index is 13.3. The molecule has 156 valence electrons. The predicted octanol–water partition coefficient (Wildman–Crippen LogP) is 4.29. The average Bonchev–Trinajstić information content (AvgIpc) is 2.72. The Hall–Kier alpha value is -2.60. The highest BCUT2D eigenvalue weighted by Gasteiger charge is 2.26. The third-order valence-corrected chi connectivity index (χ3v) is 6.57. The average molecular weight is 422 g/mol. The molecule has 4 rings (SSSR count). The SMILES string of the molecule is Cc1ccccc1-n1c(SCC(=O)N2CC(C)CC(C)C2)nc2ccccc2c1=O. The molecular formula is C24H27N3O2S. The molecule has 1 fully saturated rings. The molecule has 1 aliphatic heterocycles. The van der Waals surface area contributed by atoms with Gasteiger partial charge < -0.3 is 4.90 Å². The third-order valence-electron chi connectivity index (χ3n) is 5.65. The van der Waals surface area contributed by atoms with Gasteiger partial charge in [0.05, 0.1) is 22.3 Å². The summed E-state index contributed by atoms with van der Waals surface area (Å²) in [5.74, 6) is 1.42. The molecule has 2 atom stereocenters. The second-order valence-electron chi connectivity index (χ2n) is 8.37. The van der Waals surface area contributed by atoms with E-state index in [-0.39, 0.29) is 17.2 Å². The maximum atomic E-state index is 13.3. The highest BCUT2D eigenvalue weighted by molar-refractivity contribution is 7.99. The number of para-hydroxylation sites is 2. The predicted molar refractivity (Wildman–Crippen MR) is 122 cm³/mol. The molecule has 0 radical (unpaired) electrons. The molecule has 1 amide bonds. The van der Waals surface area contributed by atoms with Crippen molar-refractivity contribution in [3.05, 3.63) is 64.4 Å². The van der Waals surface area contributed by atoms with Crippen LogP contribution in [-0.2, 0) is 4.79 Å². The molecule has 2 aromatic carbocycles. The molecule has 2 unspecified atom stereocenters. The van der Waals surface area contributed by atoms with E-state index in [0.29, 0.717) is 27.9 Å². The van der Waals surface area contributed by atoms with Crippen LogP contribution in [0.4, 0.5) is 0 Å². The van der Waals surface area contributed by atoms with Crippen LogP contribution in [0.15, 0.2) is 58.5 Å². The molecule has 6 heteroatoms. The van der Waals surface area contributed by atoms with Crippen LogP contribution < -0.4 is 5.56 Å². The van der Waals surface area contributed by atoms with Gasteiger partial charge in [-0.15, -0.1) is 0 Å². The number of fused-ring (bicyclic) bond motifs is 1. The van der Waals surface area contributed by atoms with Crippen molar-refractivity contribution in [2.24, 2.45) is 11.8 Å². The molecule has 2 heterocycles. The van der Waals surface area contributed by atoms with E-state index < -0.39 is 0 Å². The van der Waals surface area contributed by atoms with E-state index in [1.165, 1.54) is 11.8 Å². The van der Waals surface area contributed by atoms with Crippen LogP contribution in [0.1, 0.15) is 25.8 Å². The summed E-state index contributed by atoms with van der Waals surface area (Å²) in [5, 5.41) is 1.13. The molecule has 30 heavy (non-hydrogen) atoms. The first-order chi connectivity index (χ1) is 14.4. The molecule has 5 nitrogen and oxygen atoms in total. The zero-order valence-electron chi connectivity index (χ0n) is 17.7. The van der Waals surface area contributed by atoms with E-state index >= 15 is 0 Å². The van der Waals surface area contributed by atoms with Crippen LogP contribution in [0.3, 0.4) is 0 Å². The molecule has 0 N–H and O–H groups in total. The lowest BCUT2D eigenvalue weighted by Gasteiger charge is -2.35. The first-order valence-corrected chi connectivity index (χ1v) is 11.4. The molecule has 0 spiro atoms. The number of aryl methyl sites for hydroxylation is 1. The Balaban J connectivity index is 1.69. The number of rotatable bonds is 4. The fourth-order valence-corrected chi connectivity index (χ4v) is 5.23. The van der Waals surface area contributed by atoms with E-state index in [1.807, 2.05) is 54.3 Å². The zero-order chi connectivity index (χ0) is 21.3. The summed E-state index contributed by atoms with van der Waals surface area (Å²) in [6.45, 7) is 7.99. The van der Waals surface area contributed by atoms with Crippen molar-refractivity contribution in [3.8, 4) is 5.69 Å². The Labute approximate surface area is 181 Å². The van der Waals surface area contributed by atoms with Crippen LogP contribution in [0.2, 0.25) is 0 Å². The standard InChI is InChI=1S/C24H27N3O2S/c1-16-12-17(2)14-26(13-16)22(28)15-30-24-25-20-10-6-5-9-19(20)23(29)27(24)21-11-7-4-8-18(21)3/h4-11,16-17H,12-15H2,1-3H3. The van der Waals surface area contributed by atoms with Gasteiger partial charge >= 0.3 is 0 Å². The van der Waals surface area contributed by atoms with E-state index in [0.717, 1.165) is 30.8 Å². The van der Waals surface area contributed by atoms with Crippen molar-refractivity contribution < 1.29 is 4.79 Å². The normalized spacial score (nSPS) is 19.2. The van der Waals surface area contributed by atoms with Crippen molar-refractivity contribution in [2.45, 2.75) is 32.3 Å². The lowest BCUT2D eigenvalue weighted by molar-refractivity contribution is -0.130. The summed E-state index contributed by atoms with van der Waals surface area (Å²) in [7, 11) is 0. The highest BCUT2D eigenvalue weighted by Crippen LogP contribution is 2.25. The number of thioether (sulfide) groups is 1. The second kappa shape index (κ2) is 8.64. The summed E-state index contributed by atoms with van der Waals surface area (Å²) < 4.78 is 1.65. The summed E-state index contributed by atoms with van der Waals surface area (Å²) >= 11 is 1.34. The molecule has 0 aliphatic carbocycles. The summed E-state index contributed by atoms with van der Waals surface area (Å²) in [4.78, 5) is 33.0. The van der Waals surface area contributed by atoms with E-state index in [2.05, 4.69) is 13.8 Å². The second-order valence-corrected chi connectivity index (χ2v) is 9.31. The topological polar surface area (TPSA) is 55.2 Å². The number of carbonyl (C=O) groups is 1. The van der Waals surface area contributed by atoms with Gasteiger partial charge in [0.15, 0.2) is 5.16 Å². The van der Waals surface area contributed by atoms with Crippen LogP contribution in [-0.4, -0.2) is 39.2 Å². The van der Waals surface area contributed by atoms with Gasteiger partial charge in [-0.2, -0.15) is 0 Å². The van der Waals surface area contributed by atoms with Gasteiger partial charge in [0, 0.05) is 13.1 Å². The molecule has 3 aromatic rings. The van der Waals surface area contributed by atoms with Gasteiger partial charge in [0.2, 0.25) is 5.91 Å². The van der Waals surface area contributed by atoms with Crippen molar-refractivity contribution in [1.82, 2.24) is 14.5 Å². The fourth-order valence-electron chi connectivity index (χ4n) is 4.32. The van der Waals surface area contributed by atoms with Crippen molar-refractivity contribution in [2.75, 3.05) is 18.8 Å². The number of amides is 1. The van der Waals surface area contributed by atoms with E-state index in [4.69, 9.17) is 4.98 Å². The first-order valence-electron chi connectivity index (χ1n) is 10.4. The van der Waals surface area contributed by atoms with Crippen LogP contribution in [0.5, 0.6) is 0 Å². The lowest BCUT2D eigenvalue weighted by Crippen LogP contribution is -2.43. The van der Waals surface area contributed by atoms with E-state index in [1.54, 1.807) is 10.6 Å². The van der Waals surface area contributed by atoms with Gasteiger partial charge in [-0.3, -0.25) is 14.2 Å². The monoisotopic (exact) mass is 421 g/mol. The minimum absolute atomic E-state index is 0.106. The molecule has 0 bridgehead atoms. The van der Waals surface area contributed by atoms with Gasteiger partial charge in [-0.1, -0.05) is 55.9 Å². The van der Waals surface area contributed by atoms with Crippen LogP contribution >= 0.6 is 11.8 Å². The van der Waals surface area contributed by atoms with Gasteiger partial charge in [-0.25, -0.2) is 4.98 Å². The molecule has 0 saturated carbocycles. The van der Waals surface area contributed by atoms with E-state index in [9.17, 15) is 9.59 Å². The lowest BCUT2D eigenvalue weighted by atomic mass is 9.92. The minimum Gasteiger partial charge on any atom is -0.341 e. The summed E-state index contributed by atoms with van der Waals surface area (Å²) in [6, 6.07) is 15.1. The highest BCUT2D eigenvalue weighted by atomic mass is 32.2. The Morgan fingerprint density at radius 3 is 2.47 bits per heavy atom. The Kier molecular flexibility index (Phi) is 5.95. The molecule has 1 saturated heterocycles. The van der Waals surface area contributed by atoms with Gasteiger partial charge in [-0.05, 0) is 48.9 Å². The number of benzene rings is 2. The molecule has 1 aliphatic rings. The van der Waals surface area contributed by atoms with Crippen LogP contribution in [0.25, 0.3) is 16.6 Å². The number of carbonyl (C=O) groups excluding carboxylic acids is 1. The van der Waals surface area contributed by atoms with Gasteiger partial charge in [0.1, 0.15) is 0 Å². The third kappa shape index (κ3) is 4.15. The number of hydrogen-bond acceptors (Lipinski definition) is 4.